The maximum absolute atomic E-state index is 12.5. The zero-order valence-electron chi connectivity index (χ0n) is 14.2. The Labute approximate surface area is 150 Å². The second-order valence-corrected chi connectivity index (χ2v) is 8.33. The summed E-state index contributed by atoms with van der Waals surface area (Å²) in [4.78, 5) is 16.8. The van der Waals surface area contributed by atoms with Crippen molar-refractivity contribution in [2.45, 2.75) is 46.3 Å². The van der Waals surface area contributed by atoms with E-state index in [4.69, 9.17) is 9.47 Å². The molecular formula is C18H23BrN2O3. The van der Waals surface area contributed by atoms with E-state index in [1.807, 2.05) is 4.57 Å². The van der Waals surface area contributed by atoms with Crippen LogP contribution < -0.4 is 0 Å². The molecule has 0 aromatic carbocycles. The van der Waals surface area contributed by atoms with Gasteiger partial charge in [-0.25, -0.2) is 9.78 Å². The predicted molar refractivity (Wildman–Crippen MR) is 92.6 cm³/mol. The van der Waals surface area contributed by atoms with E-state index in [-0.39, 0.29) is 5.97 Å². The number of nitrogens with zero attached hydrogens (tertiary/aromatic N) is 2. The fourth-order valence-corrected chi connectivity index (χ4v) is 5.00. The Hall–Kier alpha value is -1.14. The Bertz CT molecular complexity index is 707. The number of hydrogen-bond acceptors (Lipinski definition) is 4. The lowest BCUT2D eigenvalue weighted by atomic mass is 9.48. The number of rotatable bonds is 4. The molecule has 5 nitrogen and oxygen atoms in total. The molecule has 0 N–H and O–H groups in total. The van der Waals surface area contributed by atoms with Crippen LogP contribution >= 0.6 is 15.9 Å². The number of esters is 1. The summed E-state index contributed by atoms with van der Waals surface area (Å²) in [5.41, 5.74) is 2.40. The highest BCUT2D eigenvalue weighted by Crippen LogP contribution is 2.59. The van der Waals surface area contributed by atoms with Crippen LogP contribution in [0.4, 0.5) is 0 Å². The van der Waals surface area contributed by atoms with Crippen LogP contribution in [0.15, 0.2) is 16.3 Å². The normalized spacial score (nSPS) is 27.0. The van der Waals surface area contributed by atoms with Gasteiger partial charge in [0.05, 0.1) is 13.2 Å². The maximum Gasteiger partial charge on any atom is 0.357 e. The van der Waals surface area contributed by atoms with Gasteiger partial charge < -0.3 is 14.0 Å². The summed E-state index contributed by atoms with van der Waals surface area (Å²) in [6.07, 6.45) is 5.68. The first-order valence-electron chi connectivity index (χ1n) is 8.67. The number of halogens is 1. The third-order valence-corrected chi connectivity index (χ3v) is 6.65. The lowest BCUT2D eigenvalue weighted by Gasteiger charge is -2.56. The second-order valence-electron chi connectivity index (χ2n) is 7.58. The quantitative estimate of drug-likeness (QED) is 0.576. The first kappa shape index (κ1) is 16.3. The zero-order valence-corrected chi connectivity index (χ0v) is 15.8. The third kappa shape index (κ3) is 2.54. The summed E-state index contributed by atoms with van der Waals surface area (Å²) >= 11 is 3.38. The molecule has 6 heteroatoms. The third-order valence-electron chi connectivity index (χ3n) is 6.09. The summed E-state index contributed by atoms with van der Waals surface area (Å²) in [6.45, 7) is 6.84. The summed E-state index contributed by atoms with van der Waals surface area (Å²) in [5, 5.41) is 0. The van der Waals surface area contributed by atoms with Crippen LogP contribution in [0.1, 0.15) is 49.4 Å². The van der Waals surface area contributed by atoms with E-state index in [0.29, 0.717) is 48.0 Å². The second kappa shape index (κ2) is 5.99. The average molecular weight is 395 g/mol. The van der Waals surface area contributed by atoms with E-state index >= 15 is 0 Å². The Kier molecular flexibility index (Phi) is 4.07. The van der Waals surface area contributed by atoms with Gasteiger partial charge >= 0.3 is 5.97 Å². The first-order chi connectivity index (χ1) is 11.5. The van der Waals surface area contributed by atoms with Crippen molar-refractivity contribution < 1.29 is 14.3 Å². The number of ether oxygens (including phenoxy) is 2. The van der Waals surface area contributed by atoms with E-state index in [2.05, 4.69) is 40.8 Å². The number of fused-ring (bicyclic) bond motifs is 2. The van der Waals surface area contributed by atoms with Gasteiger partial charge in [-0.3, -0.25) is 0 Å². The number of imidazole rings is 1. The van der Waals surface area contributed by atoms with Gasteiger partial charge in [0.1, 0.15) is 17.0 Å². The lowest BCUT2D eigenvalue weighted by molar-refractivity contribution is -0.0104. The van der Waals surface area contributed by atoms with Crippen LogP contribution in [0.3, 0.4) is 0 Å². The van der Waals surface area contributed by atoms with Gasteiger partial charge in [0.15, 0.2) is 5.69 Å². The number of aromatic nitrogens is 2. The molecule has 0 unspecified atom stereocenters. The highest BCUT2D eigenvalue weighted by atomic mass is 79.9. The molecule has 3 aliphatic carbocycles. The van der Waals surface area contributed by atoms with Gasteiger partial charge in [-0.1, -0.05) is 25.5 Å². The summed E-state index contributed by atoms with van der Waals surface area (Å²) < 4.78 is 13.4. The van der Waals surface area contributed by atoms with Gasteiger partial charge in [-0.15, -0.1) is 0 Å². The molecule has 5 rings (SSSR count). The first-order valence-corrected chi connectivity index (χ1v) is 9.46. The lowest BCUT2D eigenvalue weighted by Crippen LogP contribution is -2.48. The van der Waals surface area contributed by atoms with Gasteiger partial charge in [-0.2, -0.15) is 0 Å². The molecule has 130 valence electrons. The van der Waals surface area contributed by atoms with Crippen molar-refractivity contribution in [1.29, 1.82) is 0 Å². The monoisotopic (exact) mass is 394 g/mol. The minimum absolute atomic E-state index is 0.301. The van der Waals surface area contributed by atoms with Crippen molar-refractivity contribution in [3.05, 3.63) is 27.8 Å². The molecule has 0 saturated heterocycles. The van der Waals surface area contributed by atoms with E-state index in [1.165, 1.54) is 18.4 Å². The molecule has 0 radical (unpaired) electrons. The molecule has 0 amide bonds. The molecule has 2 atom stereocenters. The standard InChI is InChI=1S/C18H23BrN2O3/c1-18(2)12-4-3-11(13(18)9-12)5-7-24-17(22)15-16(19)20-14-10-23-8-6-21(14)15/h3,12-13H,4-10H2,1-2H3/t12-,13-/m0/s1. The van der Waals surface area contributed by atoms with Crippen molar-refractivity contribution in [2.75, 3.05) is 13.2 Å². The van der Waals surface area contributed by atoms with Crippen molar-refractivity contribution in [2.24, 2.45) is 17.3 Å². The van der Waals surface area contributed by atoms with Gasteiger partial charge in [-0.05, 0) is 46.0 Å². The topological polar surface area (TPSA) is 53.3 Å². The highest BCUT2D eigenvalue weighted by Gasteiger charge is 2.50. The molecule has 1 aromatic rings. The number of carbonyl (C=O) groups excluding carboxylic acids is 1. The average Bonchev–Trinajstić information content (AvgIpc) is 2.90. The van der Waals surface area contributed by atoms with E-state index in [9.17, 15) is 4.79 Å². The fourth-order valence-electron chi connectivity index (χ4n) is 4.42. The van der Waals surface area contributed by atoms with Crippen LogP contribution in [0.2, 0.25) is 0 Å². The Morgan fingerprint density at radius 1 is 1.54 bits per heavy atom. The SMILES string of the molecule is CC1(C)[C@H]2CC=C(CCOC(=O)c3c(Br)nc4n3CCOC4)[C@@H]1C2. The minimum atomic E-state index is -0.301. The summed E-state index contributed by atoms with van der Waals surface area (Å²) in [6, 6.07) is 0. The van der Waals surface area contributed by atoms with Crippen LogP contribution in [-0.4, -0.2) is 28.7 Å². The Morgan fingerprint density at radius 3 is 3.12 bits per heavy atom. The predicted octanol–water partition coefficient (Wildman–Crippen LogP) is 3.72. The number of hydrogen-bond donors (Lipinski definition) is 0. The van der Waals surface area contributed by atoms with Crippen LogP contribution in [0.5, 0.6) is 0 Å². The summed E-state index contributed by atoms with van der Waals surface area (Å²) in [7, 11) is 0. The number of carbonyl (C=O) groups is 1. The van der Waals surface area contributed by atoms with Crippen molar-refractivity contribution >= 4 is 21.9 Å². The Morgan fingerprint density at radius 2 is 2.38 bits per heavy atom. The van der Waals surface area contributed by atoms with Crippen molar-refractivity contribution in [1.82, 2.24) is 9.55 Å². The van der Waals surface area contributed by atoms with Gasteiger partial charge in [0, 0.05) is 13.0 Å². The van der Waals surface area contributed by atoms with Crippen molar-refractivity contribution in [3.8, 4) is 0 Å². The summed E-state index contributed by atoms with van der Waals surface area (Å²) in [5.74, 6) is 1.98. The molecule has 1 aromatic heterocycles. The molecule has 1 aliphatic heterocycles. The molecule has 0 spiro atoms. The molecule has 24 heavy (non-hydrogen) atoms. The molecule has 4 aliphatic rings. The van der Waals surface area contributed by atoms with E-state index < -0.39 is 0 Å². The van der Waals surface area contributed by atoms with Gasteiger partial charge in [0.2, 0.25) is 0 Å². The molecule has 1 saturated carbocycles. The zero-order chi connectivity index (χ0) is 16.9. The van der Waals surface area contributed by atoms with E-state index in [0.717, 1.165) is 18.2 Å². The highest BCUT2D eigenvalue weighted by molar-refractivity contribution is 9.10. The molecular weight excluding hydrogens is 372 g/mol. The maximum atomic E-state index is 12.5. The van der Waals surface area contributed by atoms with Gasteiger partial charge in [0.25, 0.3) is 0 Å². The van der Waals surface area contributed by atoms with Crippen LogP contribution in [0, 0.1) is 17.3 Å². The van der Waals surface area contributed by atoms with Crippen LogP contribution in [-0.2, 0) is 22.6 Å². The molecule has 1 fully saturated rings. The molecule has 2 bridgehead atoms. The smallest absolute Gasteiger partial charge is 0.357 e. The minimum Gasteiger partial charge on any atom is -0.461 e. The Balaban J connectivity index is 1.38. The number of allylic oxidation sites excluding steroid dienone is 1. The van der Waals surface area contributed by atoms with E-state index in [1.54, 1.807) is 0 Å². The van der Waals surface area contributed by atoms with Crippen LogP contribution in [0.25, 0.3) is 0 Å². The largest absolute Gasteiger partial charge is 0.461 e. The molecule has 2 heterocycles. The fraction of sp³-hybridized carbons (Fsp3) is 0.667. The van der Waals surface area contributed by atoms with Crippen molar-refractivity contribution in [3.63, 3.8) is 0 Å².